The van der Waals surface area contributed by atoms with Crippen molar-refractivity contribution < 1.29 is 9.13 Å². The second-order valence-corrected chi connectivity index (χ2v) is 5.05. The minimum atomic E-state index is -0.172. The molecule has 3 atom stereocenters. The first kappa shape index (κ1) is 13.5. The summed E-state index contributed by atoms with van der Waals surface area (Å²) in [7, 11) is 1.78. The lowest BCUT2D eigenvalue weighted by atomic mass is 10.0. The monoisotopic (exact) mass is 251 g/mol. The van der Waals surface area contributed by atoms with Gasteiger partial charge in [0.15, 0.2) is 0 Å². The Hall–Kier alpha value is -0.930. The van der Waals surface area contributed by atoms with Crippen LogP contribution in [0.5, 0.6) is 0 Å². The third kappa shape index (κ3) is 3.30. The van der Waals surface area contributed by atoms with E-state index < -0.39 is 0 Å². The molecule has 1 saturated carbocycles. The van der Waals surface area contributed by atoms with E-state index in [9.17, 15) is 4.39 Å². The van der Waals surface area contributed by atoms with Gasteiger partial charge in [0, 0.05) is 19.2 Å². The molecule has 0 spiro atoms. The van der Waals surface area contributed by atoms with Crippen LogP contribution in [0.1, 0.15) is 44.2 Å². The smallest absolute Gasteiger partial charge is 0.123 e. The number of ether oxygens (including phenoxy) is 1. The fourth-order valence-electron chi connectivity index (χ4n) is 2.73. The van der Waals surface area contributed by atoms with Crippen molar-refractivity contribution >= 4 is 0 Å². The number of rotatable bonds is 5. The molecule has 1 aliphatic carbocycles. The standard InChI is InChI=1S/C15H22FNO/c1-3-15(11-4-6-12(16)7-5-11)17-13-8-9-14(10-13)18-2/h4-7,13-15,17H,3,8-10H2,1-2H3. The van der Waals surface area contributed by atoms with Crippen LogP contribution in [0.3, 0.4) is 0 Å². The molecule has 0 saturated heterocycles. The van der Waals surface area contributed by atoms with E-state index in [4.69, 9.17) is 4.74 Å². The van der Waals surface area contributed by atoms with Crippen molar-refractivity contribution in [3.63, 3.8) is 0 Å². The van der Waals surface area contributed by atoms with Crippen molar-refractivity contribution in [2.45, 2.75) is 50.8 Å². The number of hydrogen-bond acceptors (Lipinski definition) is 2. The van der Waals surface area contributed by atoms with Crippen molar-refractivity contribution in [1.82, 2.24) is 5.32 Å². The molecule has 0 amide bonds. The van der Waals surface area contributed by atoms with Crippen LogP contribution >= 0.6 is 0 Å². The number of methoxy groups -OCH3 is 1. The summed E-state index contributed by atoms with van der Waals surface area (Å²) in [5, 5.41) is 3.66. The molecule has 2 rings (SSSR count). The minimum absolute atomic E-state index is 0.172. The maximum absolute atomic E-state index is 12.9. The molecule has 1 N–H and O–H groups in total. The summed E-state index contributed by atoms with van der Waals surface area (Å²) in [6.07, 6.45) is 4.78. The molecular formula is C15H22FNO. The fraction of sp³-hybridized carbons (Fsp3) is 0.600. The first-order valence-electron chi connectivity index (χ1n) is 6.77. The van der Waals surface area contributed by atoms with Crippen LogP contribution in [-0.2, 0) is 4.74 Å². The van der Waals surface area contributed by atoms with Crippen LogP contribution in [0.15, 0.2) is 24.3 Å². The third-order valence-corrected chi connectivity index (χ3v) is 3.84. The van der Waals surface area contributed by atoms with Gasteiger partial charge < -0.3 is 10.1 Å². The largest absolute Gasteiger partial charge is 0.381 e. The second kappa shape index (κ2) is 6.30. The molecule has 0 radical (unpaired) electrons. The van der Waals surface area contributed by atoms with Gasteiger partial charge in [-0.1, -0.05) is 19.1 Å². The Morgan fingerprint density at radius 1 is 1.33 bits per heavy atom. The number of benzene rings is 1. The van der Waals surface area contributed by atoms with Gasteiger partial charge in [-0.25, -0.2) is 4.39 Å². The normalized spacial score (nSPS) is 25.3. The van der Waals surface area contributed by atoms with Crippen molar-refractivity contribution in [1.29, 1.82) is 0 Å². The van der Waals surface area contributed by atoms with Crippen LogP contribution in [0.25, 0.3) is 0 Å². The third-order valence-electron chi connectivity index (χ3n) is 3.84. The van der Waals surface area contributed by atoms with Crippen LogP contribution in [0, 0.1) is 5.82 Å². The highest BCUT2D eigenvalue weighted by Crippen LogP contribution is 2.25. The topological polar surface area (TPSA) is 21.3 Å². The highest BCUT2D eigenvalue weighted by Gasteiger charge is 2.26. The molecule has 0 bridgehead atoms. The summed E-state index contributed by atoms with van der Waals surface area (Å²) in [6.45, 7) is 2.16. The summed E-state index contributed by atoms with van der Waals surface area (Å²) < 4.78 is 18.3. The molecule has 0 aliphatic heterocycles. The van der Waals surface area contributed by atoms with E-state index in [1.807, 2.05) is 12.1 Å². The van der Waals surface area contributed by atoms with Gasteiger partial charge in [0.1, 0.15) is 5.82 Å². The van der Waals surface area contributed by atoms with Gasteiger partial charge in [-0.15, -0.1) is 0 Å². The van der Waals surface area contributed by atoms with E-state index >= 15 is 0 Å². The lowest BCUT2D eigenvalue weighted by Crippen LogP contribution is -2.31. The Bertz CT molecular complexity index is 365. The van der Waals surface area contributed by atoms with Crippen LogP contribution in [0.4, 0.5) is 4.39 Å². The Kier molecular flexibility index (Phi) is 4.72. The van der Waals surface area contributed by atoms with Crippen LogP contribution in [-0.4, -0.2) is 19.3 Å². The van der Waals surface area contributed by atoms with Gasteiger partial charge in [0.25, 0.3) is 0 Å². The first-order valence-corrected chi connectivity index (χ1v) is 6.77. The molecule has 1 aromatic rings. The molecule has 0 aromatic heterocycles. The average Bonchev–Trinajstić information content (AvgIpc) is 2.85. The predicted octanol–water partition coefficient (Wildman–Crippen LogP) is 3.43. The van der Waals surface area contributed by atoms with E-state index in [0.717, 1.165) is 25.7 Å². The van der Waals surface area contributed by atoms with E-state index in [-0.39, 0.29) is 5.82 Å². The van der Waals surface area contributed by atoms with Gasteiger partial charge in [0.2, 0.25) is 0 Å². The van der Waals surface area contributed by atoms with E-state index in [2.05, 4.69) is 12.2 Å². The fourth-order valence-corrected chi connectivity index (χ4v) is 2.73. The summed E-state index contributed by atoms with van der Waals surface area (Å²) in [5.74, 6) is -0.172. The lowest BCUT2D eigenvalue weighted by molar-refractivity contribution is 0.106. The lowest BCUT2D eigenvalue weighted by Gasteiger charge is -2.22. The zero-order valence-electron chi connectivity index (χ0n) is 11.2. The predicted molar refractivity (Wildman–Crippen MR) is 71.0 cm³/mol. The number of hydrogen-bond donors (Lipinski definition) is 1. The SMILES string of the molecule is CCC(NC1CCC(OC)C1)c1ccc(F)cc1. The highest BCUT2D eigenvalue weighted by atomic mass is 19.1. The number of halogens is 1. The van der Waals surface area contributed by atoms with E-state index in [0.29, 0.717) is 18.2 Å². The Balaban J connectivity index is 1.95. The van der Waals surface area contributed by atoms with Gasteiger partial charge in [-0.3, -0.25) is 0 Å². The molecule has 3 unspecified atom stereocenters. The molecule has 3 heteroatoms. The van der Waals surface area contributed by atoms with Crippen molar-refractivity contribution in [2.75, 3.05) is 7.11 Å². The highest BCUT2D eigenvalue weighted by molar-refractivity contribution is 5.20. The zero-order chi connectivity index (χ0) is 13.0. The Morgan fingerprint density at radius 2 is 2.06 bits per heavy atom. The Labute approximate surface area is 109 Å². The number of nitrogens with one attached hydrogen (secondary N) is 1. The molecule has 0 heterocycles. The molecule has 18 heavy (non-hydrogen) atoms. The van der Waals surface area contributed by atoms with Gasteiger partial charge >= 0.3 is 0 Å². The van der Waals surface area contributed by atoms with Crippen LogP contribution in [0.2, 0.25) is 0 Å². The summed E-state index contributed by atoms with van der Waals surface area (Å²) in [6, 6.07) is 7.65. The molecule has 100 valence electrons. The van der Waals surface area contributed by atoms with E-state index in [1.165, 1.54) is 17.7 Å². The molecule has 1 fully saturated rings. The van der Waals surface area contributed by atoms with Crippen molar-refractivity contribution in [2.24, 2.45) is 0 Å². The van der Waals surface area contributed by atoms with Gasteiger partial charge in [0.05, 0.1) is 6.10 Å². The molecule has 1 aromatic carbocycles. The molecule has 2 nitrogen and oxygen atoms in total. The Morgan fingerprint density at radius 3 is 2.61 bits per heavy atom. The van der Waals surface area contributed by atoms with E-state index in [1.54, 1.807) is 7.11 Å². The minimum Gasteiger partial charge on any atom is -0.381 e. The average molecular weight is 251 g/mol. The maximum Gasteiger partial charge on any atom is 0.123 e. The van der Waals surface area contributed by atoms with Crippen molar-refractivity contribution in [3.8, 4) is 0 Å². The van der Waals surface area contributed by atoms with Crippen LogP contribution < -0.4 is 5.32 Å². The zero-order valence-corrected chi connectivity index (χ0v) is 11.2. The summed E-state index contributed by atoms with van der Waals surface area (Å²) in [5.41, 5.74) is 1.17. The quantitative estimate of drug-likeness (QED) is 0.865. The second-order valence-electron chi connectivity index (χ2n) is 5.05. The first-order chi connectivity index (χ1) is 8.72. The van der Waals surface area contributed by atoms with Crippen molar-refractivity contribution in [3.05, 3.63) is 35.6 Å². The molecular weight excluding hydrogens is 229 g/mol. The maximum atomic E-state index is 12.9. The van der Waals surface area contributed by atoms with Gasteiger partial charge in [-0.2, -0.15) is 0 Å². The van der Waals surface area contributed by atoms with Gasteiger partial charge in [-0.05, 0) is 43.4 Å². The molecule has 1 aliphatic rings. The summed E-state index contributed by atoms with van der Waals surface area (Å²) in [4.78, 5) is 0. The summed E-state index contributed by atoms with van der Waals surface area (Å²) >= 11 is 0.